The first kappa shape index (κ1) is 23.7. The Kier molecular flexibility index (Phi) is 9.44. The first-order chi connectivity index (χ1) is 13.6. The average molecular weight is 408 g/mol. The first-order valence-electron chi connectivity index (χ1n) is 8.59. The van der Waals surface area contributed by atoms with Gasteiger partial charge in [-0.25, -0.2) is 8.78 Å². The minimum Gasteiger partial charge on any atom is -0.481 e. The fourth-order valence-electron chi connectivity index (χ4n) is 2.14. The van der Waals surface area contributed by atoms with Gasteiger partial charge in [-0.15, -0.1) is 0 Å². The lowest BCUT2D eigenvalue weighted by molar-refractivity contribution is -0.165. The number of halogens is 2. The fourth-order valence-corrected chi connectivity index (χ4v) is 2.14. The molecular formula is C21H22F2O6. The summed E-state index contributed by atoms with van der Waals surface area (Å²) >= 11 is 0. The normalized spacial score (nSPS) is 9.83. The summed E-state index contributed by atoms with van der Waals surface area (Å²) in [6.45, 7) is 4.27. The smallest absolute Gasteiger partial charge is 0.313 e. The summed E-state index contributed by atoms with van der Waals surface area (Å²) in [5, 5.41) is 8.39. The molecule has 0 unspecified atom stereocenters. The van der Waals surface area contributed by atoms with E-state index in [0.717, 1.165) is 11.1 Å². The van der Waals surface area contributed by atoms with E-state index < -0.39 is 36.3 Å². The predicted octanol–water partition coefficient (Wildman–Crippen LogP) is 3.50. The fraction of sp³-hybridized carbons (Fsp3) is 0.286. The van der Waals surface area contributed by atoms with E-state index in [4.69, 9.17) is 5.11 Å². The van der Waals surface area contributed by atoms with Crippen LogP contribution >= 0.6 is 0 Å². The molecular weight excluding hydrogens is 386 g/mol. The number of benzene rings is 2. The van der Waals surface area contributed by atoms with Crippen LogP contribution in [0.25, 0.3) is 0 Å². The molecule has 2 rings (SSSR count). The van der Waals surface area contributed by atoms with Crippen LogP contribution in [0.3, 0.4) is 0 Å². The van der Waals surface area contributed by atoms with Crippen molar-refractivity contribution >= 4 is 17.9 Å². The topological polar surface area (TPSA) is 89.9 Å². The molecule has 0 aliphatic carbocycles. The second-order valence-electron chi connectivity index (χ2n) is 6.21. The largest absolute Gasteiger partial charge is 0.481 e. The van der Waals surface area contributed by atoms with E-state index in [2.05, 4.69) is 9.47 Å². The SMILES string of the molecule is CC(=O)OCOC(=O)Cc1ccc(C)cc1F.Cc1ccc(CC(=O)O)c(F)c1. The van der Waals surface area contributed by atoms with E-state index in [1.165, 1.54) is 31.2 Å². The zero-order valence-electron chi connectivity index (χ0n) is 16.3. The highest BCUT2D eigenvalue weighted by Gasteiger charge is 2.10. The molecule has 0 radical (unpaired) electrons. The van der Waals surface area contributed by atoms with Crippen molar-refractivity contribution in [2.24, 2.45) is 0 Å². The molecule has 0 amide bonds. The minimum absolute atomic E-state index is 0.187. The molecule has 0 saturated heterocycles. The number of esters is 2. The molecule has 0 atom stereocenters. The third-order valence-electron chi connectivity index (χ3n) is 3.58. The van der Waals surface area contributed by atoms with Crippen LogP contribution in [0.15, 0.2) is 36.4 Å². The number of aliphatic carboxylic acids is 1. The lowest BCUT2D eigenvalue weighted by Crippen LogP contribution is -2.13. The molecule has 8 heteroatoms. The van der Waals surface area contributed by atoms with Crippen LogP contribution in [0.1, 0.15) is 29.2 Å². The van der Waals surface area contributed by atoms with Gasteiger partial charge in [0.1, 0.15) is 11.6 Å². The second-order valence-corrected chi connectivity index (χ2v) is 6.21. The van der Waals surface area contributed by atoms with Crippen molar-refractivity contribution in [3.63, 3.8) is 0 Å². The lowest BCUT2D eigenvalue weighted by Gasteiger charge is -2.05. The number of rotatable bonds is 6. The van der Waals surface area contributed by atoms with E-state index in [-0.39, 0.29) is 24.0 Å². The van der Waals surface area contributed by atoms with Crippen LogP contribution in [-0.2, 0) is 36.7 Å². The van der Waals surface area contributed by atoms with E-state index >= 15 is 0 Å². The van der Waals surface area contributed by atoms with Gasteiger partial charge in [-0.2, -0.15) is 0 Å². The van der Waals surface area contributed by atoms with E-state index in [1.807, 2.05) is 0 Å². The summed E-state index contributed by atoms with van der Waals surface area (Å²) in [5.41, 5.74) is 2.05. The third-order valence-corrected chi connectivity index (χ3v) is 3.58. The number of hydrogen-bond acceptors (Lipinski definition) is 5. The number of ether oxygens (including phenoxy) is 2. The maximum atomic E-state index is 13.4. The number of carbonyl (C=O) groups excluding carboxylic acids is 2. The van der Waals surface area contributed by atoms with Gasteiger partial charge in [-0.3, -0.25) is 14.4 Å². The number of carboxylic acids is 1. The molecule has 2 aromatic carbocycles. The number of hydrogen-bond donors (Lipinski definition) is 1. The Morgan fingerprint density at radius 3 is 1.76 bits per heavy atom. The minimum atomic E-state index is -1.02. The van der Waals surface area contributed by atoms with Gasteiger partial charge in [0.05, 0.1) is 12.8 Å². The van der Waals surface area contributed by atoms with Crippen molar-refractivity contribution in [1.82, 2.24) is 0 Å². The van der Waals surface area contributed by atoms with Gasteiger partial charge in [-0.05, 0) is 48.2 Å². The first-order valence-corrected chi connectivity index (χ1v) is 8.59. The highest BCUT2D eigenvalue weighted by molar-refractivity contribution is 5.73. The molecule has 0 spiro atoms. The summed E-state index contributed by atoms with van der Waals surface area (Å²) in [6, 6.07) is 9.10. The van der Waals surface area contributed by atoms with Crippen LogP contribution < -0.4 is 0 Å². The van der Waals surface area contributed by atoms with Gasteiger partial charge in [0.15, 0.2) is 0 Å². The number of aryl methyl sites for hydroxylation is 2. The van der Waals surface area contributed by atoms with Crippen LogP contribution in [0.4, 0.5) is 8.78 Å². The van der Waals surface area contributed by atoms with E-state index in [9.17, 15) is 23.2 Å². The Labute approximate surface area is 167 Å². The number of carbonyl (C=O) groups is 3. The molecule has 156 valence electrons. The van der Waals surface area contributed by atoms with Gasteiger partial charge < -0.3 is 14.6 Å². The molecule has 0 bridgehead atoms. The van der Waals surface area contributed by atoms with Gasteiger partial charge in [0, 0.05) is 6.92 Å². The second kappa shape index (κ2) is 11.5. The Hall–Kier alpha value is -3.29. The highest BCUT2D eigenvalue weighted by atomic mass is 19.1. The van der Waals surface area contributed by atoms with Crippen LogP contribution in [0, 0.1) is 25.5 Å². The Morgan fingerprint density at radius 2 is 1.34 bits per heavy atom. The van der Waals surface area contributed by atoms with Gasteiger partial charge >= 0.3 is 17.9 Å². The van der Waals surface area contributed by atoms with Gasteiger partial charge in [0.2, 0.25) is 6.79 Å². The van der Waals surface area contributed by atoms with Gasteiger partial charge in [0.25, 0.3) is 0 Å². The predicted molar refractivity (Wildman–Crippen MR) is 100 cm³/mol. The standard InChI is InChI=1S/C12H13FO4.C9H9FO2/c1-8-3-4-10(11(13)5-8)6-12(15)17-7-16-9(2)14;1-6-2-3-7(5-9(11)12)8(10)4-6/h3-5H,6-7H2,1-2H3;2-4H,5H2,1H3,(H,11,12). The molecule has 0 aliphatic rings. The average Bonchev–Trinajstić information content (AvgIpc) is 2.60. The number of carboxylic acid groups (broad SMARTS) is 1. The van der Waals surface area contributed by atoms with Crippen molar-refractivity contribution in [2.45, 2.75) is 33.6 Å². The summed E-state index contributed by atoms with van der Waals surface area (Å²) in [4.78, 5) is 31.9. The molecule has 2 aromatic rings. The highest BCUT2D eigenvalue weighted by Crippen LogP contribution is 2.11. The maximum Gasteiger partial charge on any atom is 0.313 e. The summed E-state index contributed by atoms with van der Waals surface area (Å²) < 4.78 is 35.3. The van der Waals surface area contributed by atoms with Crippen molar-refractivity contribution in [2.75, 3.05) is 6.79 Å². The monoisotopic (exact) mass is 408 g/mol. The van der Waals surface area contributed by atoms with E-state index in [1.54, 1.807) is 26.0 Å². The molecule has 6 nitrogen and oxygen atoms in total. The Bertz CT molecular complexity index is 879. The summed E-state index contributed by atoms with van der Waals surface area (Å²) in [6.07, 6.45) is -0.445. The molecule has 0 aliphatic heterocycles. The van der Waals surface area contributed by atoms with Crippen LogP contribution in [0.2, 0.25) is 0 Å². The summed E-state index contributed by atoms with van der Waals surface area (Å²) in [7, 11) is 0. The van der Waals surface area contributed by atoms with Crippen LogP contribution in [0.5, 0.6) is 0 Å². The molecule has 0 fully saturated rings. The molecule has 29 heavy (non-hydrogen) atoms. The summed E-state index contributed by atoms with van der Waals surface area (Å²) in [5.74, 6) is -3.10. The van der Waals surface area contributed by atoms with Crippen LogP contribution in [-0.4, -0.2) is 29.8 Å². The van der Waals surface area contributed by atoms with E-state index in [0.29, 0.717) is 0 Å². The van der Waals surface area contributed by atoms with Crippen molar-refractivity contribution < 1.29 is 37.7 Å². The molecule has 0 aromatic heterocycles. The molecule has 1 N–H and O–H groups in total. The maximum absolute atomic E-state index is 13.4. The molecule has 0 saturated carbocycles. The zero-order chi connectivity index (χ0) is 22.0. The van der Waals surface area contributed by atoms with Gasteiger partial charge in [-0.1, -0.05) is 24.3 Å². The molecule has 0 heterocycles. The third kappa shape index (κ3) is 9.46. The Balaban J connectivity index is 0.000000308. The quantitative estimate of drug-likeness (QED) is 0.581. The van der Waals surface area contributed by atoms with Crippen molar-refractivity contribution in [3.05, 3.63) is 70.3 Å². The zero-order valence-corrected chi connectivity index (χ0v) is 16.3. The van der Waals surface area contributed by atoms with Crippen molar-refractivity contribution in [3.8, 4) is 0 Å². The Morgan fingerprint density at radius 1 is 0.862 bits per heavy atom. The lowest BCUT2D eigenvalue weighted by atomic mass is 10.1. The van der Waals surface area contributed by atoms with Crippen molar-refractivity contribution in [1.29, 1.82) is 0 Å².